The number of nitrogens with zero attached hydrogens (tertiary/aromatic N) is 2. The first-order valence-corrected chi connectivity index (χ1v) is 9.95. The van der Waals surface area contributed by atoms with Gasteiger partial charge in [-0.25, -0.2) is 0 Å². The average Bonchev–Trinajstić information content (AvgIpc) is 3.36. The lowest BCUT2D eigenvalue weighted by Crippen LogP contribution is -2.45. The number of alkyl halides is 3. The number of carbonyl (C=O) groups excluding carboxylic acids is 1. The molecule has 1 aliphatic heterocycles. The summed E-state index contributed by atoms with van der Waals surface area (Å²) in [5, 5.41) is 6.29. The number of carbonyl (C=O) groups is 1. The predicted octanol–water partition coefficient (Wildman–Crippen LogP) is 3.66. The lowest BCUT2D eigenvalue weighted by Gasteiger charge is -2.21. The number of nitrogens with one attached hydrogen (secondary N) is 2. The second kappa shape index (κ2) is 11.1. The number of para-hydroxylation sites is 1. The quantitative estimate of drug-likeness (QED) is 0.340. The van der Waals surface area contributed by atoms with Crippen molar-refractivity contribution in [3.8, 4) is 5.75 Å². The third-order valence-corrected chi connectivity index (χ3v) is 5.41. The van der Waals surface area contributed by atoms with E-state index >= 15 is 0 Å². The molecule has 1 saturated heterocycles. The van der Waals surface area contributed by atoms with Crippen molar-refractivity contribution < 1.29 is 22.7 Å². The first-order valence-electron chi connectivity index (χ1n) is 9.95. The van der Waals surface area contributed by atoms with Gasteiger partial charge < -0.3 is 20.3 Å². The molecule has 2 fully saturated rings. The van der Waals surface area contributed by atoms with E-state index in [4.69, 9.17) is 0 Å². The number of benzene rings is 1. The predicted molar refractivity (Wildman–Crippen MR) is 119 cm³/mol. The molecule has 0 bridgehead atoms. The van der Waals surface area contributed by atoms with Gasteiger partial charge in [0.05, 0.1) is 0 Å². The Morgan fingerprint density at radius 3 is 2.60 bits per heavy atom. The monoisotopic (exact) mass is 540 g/mol. The first-order chi connectivity index (χ1) is 13.9. The van der Waals surface area contributed by atoms with E-state index in [9.17, 15) is 18.0 Å². The van der Waals surface area contributed by atoms with Gasteiger partial charge in [-0.15, -0.1) is 37.1 Å². The van der Waals surface area contributed by atoms with Crippen LogP contribution in [-0.4, -0.2) is 49.3 Å². The van der Waals surface area contributed by atoms with Gasteiger partial charge in [0.15, 0.2) is 5.96 Å². The third-order valence-electron chi connectivity index (χ3n) is 5.41. The van der Waals surface area contributed by atoms with Crippen molar-refractivity contribution in [3.63, 3.8) is 0 Å². The van der Waals surface area contributed by atoms with Crippen LogP contribution in [0.1, 0.15) is 37.7 Å². The van der Waals surface area contributed by atoms with Crippen molar-refractivity contribution in [2.45, 2.75) is 51.1 Å². The van der Waals surface area contributed by atoms with E-state index in [0.717, 1.165) is 32.1 Å². The smallest absolute Gasteiger partial charge is 0.405 e. The Morgan fingerprint density at radius 1 is 1.23 bits per heavy atom. The number of halogens is 4. The number of amides is 1. The first kappa shape index (κ1) is 24.5. The number of rotatable bonds is 5. The molecule has 1 atom stereocenters. The average molecular weight is 540 g/mol. The topological polar surface area (TPSA) is 66.0 Å². The van der Waals surface area contributed by atoms with E-state index in [1.54, 1.807) is 19.2 Å². The fourth-order valence-corrected chi connectivity index (χ4v) is 3.95. The van der Waals surface area contributed by atoms with E-state index < -0.39 is 6.36 Å². The fourth-order valence-electron chi connectivity index (χ4n) is 3.95. The second-order valence-corrected chi connectivity index (χ2v) is 7.48. The lowest BCUT2D eigenvalue weighted by molar-refractivity contribution is -0.274. The number of guanidine groups is 1. The van der Waals surface area contributed by atoms with Gasteiger partial charge in [-0.1, -0.05) is 31.0 Å². The number of ether oxygens (including phenoxy) is 1. The van der Waals surface area contributed by atoms with Gasteiger partial charge in [-0.3, -0.25) is 9.79 Å². The minimum atomic E-state index is -4.74. The second-order valence-electron chi connectivity index (χ2n) is 7.48. The SMILES string of the molecule is CN=C(NCc1ccccc1OC(F)(F)F)NC1CCN(C(=O)C2CCCC2)C1.I. The maximum atomic E-state index is 12.6. The highest BCUT2D eigenvalue weighted by Crippen LogP contribution is 2.28. The molecule has 0 spiro atoms. The third kappa shape index (κ3) is 6.92. The van der Waals surface area contributed by atoms with Crippen molar-refractivity contribution in [2.75, 3.05) is 20.1 Å². The highest BCUT2D eigenvalue weighted by Gasteiger charge is 2.33. The van der Waals surface area contributed by atoms with Crippen LogP contribution in [0.3, 0.4) is 0 Å². The fraction of sp³-hybridized carbons (Fsp3) is 0.600. The zero-order valence-electron chi connectivity index (χ0n) is 16.9. The van der Waals surface area contributed by atoms with Crippen molar-refractivity contribution in [1.82, 2.24) is 15.5 Å². The van der Waals surface area contributed by atoms with E-state index in [1.165, 1.54) is 12.1 Å². The summed E-state index contributed by atoms with van der Waals surface area (Å²) in [5.41, 5.74) is 0.372. The molecule has 10 heteroatoms. The van der Waals surface area contributed by atoms with Crippen LogP contribution in [0.15, 0.2) is 29.3 Å². The summed E-state index contributed by atoms with van der Waals surface area (Å²) in [4.78, 5) is 18.6. The van der Waals surface area contributed by atoms with Crippen LogP contribution in [0, 0.1) is 5.92 Å². The molecule has 1 saturated carbocycles. The number of hydrogen-bond donors (Lipinski definition) is 2. The van der Waals surface area contributed by atoms with Crippen molar-refractivity contribution in [2.24, 2.45) is 10.9 Å². The molecule has 1 aromatic rings. The Balaban J connectivity index is 0.00000320. The van der Waals surface area contributed by atoms with Crippen LogP contribution < -0.4 is 15.4 Å². The molecule has 1 heterocycles. The van der Waals surface area contributed by atoms with E-state index in [0.29, 0.717) is 24.6 Å². The van der Waals surface area contributed by atoms with Gasteiger partial charge in [-0.2, -0.15) is 0 Å². The van der Waals surface area contributed by atoms with E-state index in [2.05, 4.69) is 20.4 Å². The lowest BCUT2D eigenvalue weighted by atomic mass is 10.1. The van der Waals surface area contributed by atoms with Gasteiger partial charge in [0.25, 0.3) is 0 Å². The normalized spacial score (nSPS) is 20.1. The van der Waals surface area contributed by atoms with Crippen LogP contribution in [0.2, 0.25) is 0 Å². The summed E-state index contributed by atoms with van der Waals surface area (Å²) in [6.45, 7) is 1.46. The van der Waals surface area contributed by atoms with Crippen LogP contribution >= 0.6 is 24.0 Å². The number of likely N-dealkylation sites (tertiary alicyclic amines) is 1. The van der Waals surface area contributed by atoms with Crippen molar-refractivity contribution in [1.29, 1.82) is 0 Å². The molecule has 2 aliphatic rings. The summed E-state index contributed by atoms with van der Waals surface area (Å²) in [7, 11) is 1.60. The minimum Gasteiger partial charge on any atom is -0.405 e. The van der Waals surface area contributed by atoms with E-state index in [1.807, 2.05) is 4.90 Å². The minimum absolute atomic E-state index is 0. The van der Waals surface area contributed by atoms with Crippen LogP contribution in [0.25, 0.3) is 0 Å². The molecular formula is C20H28F3IN4O2. The standard InChI is InChI=1S/C20H27F3N4O2.HI/c1-24-19(25-12-15-8-4-5-9-17(15)29-20(21,22)23)26-16-10-11-27(13-16)18(28)14-6-2-3-7-14;/h4-5,8-9,14,16H,2-3,6-7,10-13H2,1H3,(H2,24,25,26);1H. The molecule has 6 nitrogen and oxygen atoms in total. The Hall–Kier alpha value is -1.72. The molecule has 1 aliphatic carbocycles. The Morgan fingerprint density at radius 2 is 1.93 bits per heavy atom. The van der Waals surface area contributed by atoms with Crippen LogP contribution in [0.4, 0.5) is 13.2 Å². The summed E-state index contributed by atoms with van der Waals surface area (Å²) in [6.07, 6.45) is 0.290. The molecule has 1 amide bonds. The molecular weight excluding hydrogens is 512 g/mol. The van der Waals surface area contributed by atoms with Gasteiger partial charge in [0, 0.05) is 44.2 Å². The Bertz CT molecular complexity index is 739. The zero-order valence-corrected chi connectivity index (χ0v) is 19.2. The molecule has 30 heavy (non-hydrogen) atoms. The van der Waals surface area contributed by atoms with Crippen molar-refractivity contribution in [3.05, 3.63) is 29.8 Å². The summed E-state index contributed by atoms with van der Waals surface area (Å²) in [6, 6.07) is 6.06. The summed E-state index contributed by atoms with van der Waals surface area (Å²) in [5.74, 6) is 0.647. The van der Waals surface area contributed by atoms with Crippen LogP contribution in [0.5, 0.6) is 5.75 Å². The summed E-state index contributed by atoms with van der Waals surface area (Å²) < 4.78 is 41.8. The molecule has 168 valence electrons. The maximum absolute atomic E-state index is 12.6. The summed E-state index contributed by atoms with van der Waals surface area (Å²) >= 11 is 0. The van der Waals surface area contributed by atoms with E-state index in [-0.39, 0.29) is 54.1 Å². The zero-order chi connectivity index (χ0) is 20.9. The maximum Gasteiger partial charge on any atom is 0.573 e. The molecule has 1 aromatic carbocycles. The molecule has 0 radical (unpaired) electrons. The van der Waals surface area contributed by atoms with Gasteiger partial charge in [-0.05, 0) is 25.3 Å². The Kier molecular flexibility index (Phi) is 9.05. The molecule has 3 rings (SSSR count). The van der Waals surface area contributed by atoms with Gasteiger partial charge in [0.1, 0.15) is 5.75 Å². The molecule has 1 unspecified atom stereocenters. The molecule has 0 aromatic heterocycles. The largest absolute Gasteiger partial charge is 0.573 e. The highest BCUT2D eigenvalue weighted by atomic mass is 127. The van der Waals surface area contributed by atoms with Crippen molar-refractivity contribution >= 4 is 35.8 Å². The van der Waals surface area contributed by atoms with Gasteiger partial charge in [0.2, 0.25) is 5.91 Å². The highest BCUT2D eigenvalue weighted by molar-refractivity contribution is 14.0. The van der Waals surface area contributed by atoms with Gasteiger partial charge >= 0.3 is 6.36 Å². The number of aliphatic imine (C=N–C) groups is 1. The van der Waals surface area contributed by atoms with Crippen LogP contribution in [-0.2, 0) is 11.3 Å². The molecule has 2 N–H and O–H groups in total. The number of hydrogen-bond acceptors (Lipinski definition) is 3. The Labute approximate surface area is 191 Å².